The first-order chi connectivity index (χ1) is 17.7. The van der Waals surface area contributed by atoms with Crippen LogP contribution in [-0.4, -0.2) is 69.3 Å². The van der Waals surface area contributed by atoms with Crippen LogP contribution in [0.3, 0.4) is 0 Å². The molecule has 1 fully saturated rings. The first-order valence-corrected chi connectivity index (χ1v) is 15.4. The van der Waals surface area contributed by atoms with E-state index in [1.807, 2.05) is 0 Å². The summed E-state index contributed by atoms with van der Waals surface area (Å²) in [5.41, 5.74) is 6.06. The van der Waals surface area contributed by atoms with Gasteiger partial charge in [-0.3, -0.25) is 14.0 Å². The van der Waals surface area contributed by atoms with Crippen molar-refractivity contribution in [3.63, 3.8) is 0 Å². The summed E-state index contributed by atoms with van der Waals surface area (Å²) >= 11 is 3.13. The van der Waals surface area contributed by atoms with E-state index in [-0.39, 0.29) is 22.7 Å². The van der Waals surface area contributed by atoms with Crippen molar-refractivity contribution in [1.29, 1.82) is 0 Å². The van der Waals surface area contributed by atoms with Gasteiger partial charge < -0.3 is 35.0 Å². The topological polar surface area (TPSA) is 268 Å². The van der Waals surface area contributed by atoms with Gasteiger partial charge in [-0.15, -0.1) is 0 Å². The molecule has 0 amide bonds. The van der Waals surface area contributed by atoms with E-state index >= 15 is 0 Å². The van der Waals surface area contributed by atoms with Crippen LogP contribution in [0, 0.1) is 0 Å². The number of phosphoric ester groups is 2. The fraction of sp³-hybridized carbons (Fsp3) is 0.312. The zero-order chi connectivity index (χ0) is 27.9. The highest BCUT2D eigenvalue weighted by Crippen LogP contribution is 2.67. The molecule has 22 heteroatoms. The third-order valence-corrected chi connectivity index (χ3v) is 9.59. The predicted octanol–water partition coefficient (Wildman–Crippen LogP) is 1.22. The molecule has 0 saturated carbocycles. The van der Waals surface area contributed by atoms with Crippen LogP contribution in [0.2, 0.25) is 0 Å². The van der Waals surface area contributed by atoms with Crippen LogP contribution < -0.4 is 10.3 Å². The number of nitrogens with two attached hydrogens (primary N) is 1. The molecular formula is C16H19BrN5O13P3. The van der Waals surface area contributed by atoms with Gasteiger partial charge in [0.1, 0.15) is 35.9 Å². The van der Waals surface area contributed by atoms with Crippen molar-refractivity contribution in [2.75, 3.05) is 12.3 Å². The first kappa shape index (κ1) is 29.2. The highest BCUT2D eigenvalue weighted by molar-refractivity contribution is 9.10. The molecule has 4 rings (SSSR count). The van der Waals surface area contributed by atoms with Gasteiger partial charge in [-0.2, -0.15) is 8.62 Å². The largest absolute Gasteiger partial charge is 0.536 e. The minimum absolute atomic E-state index is 0.0466. The molecular weight excluding hydrogens is 643 g/mol. The number of phosphoric acid groups is 3. The van der Waals surface area contributed by atoms with Crippen LogP contribution in [-0.2, 0) is 31.6 Å². The highest BCUT2D eigenvalue weighted by Gasteiger charge is 2.47. The number of fused-ring (bicyclic) bond motifs is 1. The van der Waals surface area contributed by atoms with Crippen molar-refractivity contribution < 1.29 is 61.0 Å². The minimum atomic E-state index is -5.73. The molecule has 0 bridgehead atoms. The number of ether oxygens (including phenoxy) is 1. The molecule has 0 radical (unpaired) electrons. The maximum atomic E-state index is 12.2. The number of nitrogen functional groups attached to an aromatic ring is 1. The molecule has 1 aliphatic rings. The molecule has 3 unspecified atom stereocenters. The third kappa shape index (κ3) is 6.84. The lowest BCUT2D eigenvalue weighted by molar-refractivity contribution is -0.0503. The highest BCUT2D eigenvalue weighted by atomic mass is 79.9. The molecule has 0 aliphatic carbocycles. The number of anilines is 1. The van der Waals surface area contributed by atoms with Crippen LogP contribution in [0.5, 0.6) is 5.75 Å². The number of aliphatic hydroxyl groups excluding tert-OH is 2. The van der Waals surface area contributed by atoms with Gasteiger partial charge in [0.25, 0.3) is 0 Å². The Hall–Kier alpha value is -1.82. The summed E-state index contributed by atoms with van der Waals surface area (Å²) in [6.07, 6.45) is -3.68. The molecule has 38 heavy (non-hydrogen) atoms. The van der Waals surface area contributed by atoms with Gasteiger partial charge in [0.05, 0.1) is 12.9 Å². The number of aromatic nitrogens is 4. The number of halogens is 1. The Morgan fingerprint density at radius 3 is 2.32 bits per heavy atom. The standard InChI is InChI=1S/C16H19BrN5O13P3/c17-8-1-3-9(4-2-8)33-37(27,28)35-38(29,30)34-36(25,26)31-5-10-12(23)13(24)16(32-10)22-7-21-11-14(18)19-6-20-15(11)22/h1-4,6-7,10,12-13,16,23-24H,5H2,(H,25,26)(H,27,28)(H,29,30)(H2,18,19,20)/t10-,12-,13-,16-/m1/s1. The number of imidazole rings is 1. The maximum Gasteiger partial charge on any atom is 0.536 e. The van der Waals surface area contributed by atoms with Gasteiger partial charge in [-0.1, -0.05) is 15.9 Å². The van der Waals surface area contributed by atoms with E-state index in [0.717, 1.165) is 6.33 Å². The number of aliphatic hydroxyl groups is 2. The zero-order valence-electron chi connectivity index (χ0n) is 18.6. The van der Waals surface area contributed by atoms with Gasteiger partial charge in [0.15, 0.2) is 17.7 Å². The Labute approximate surface area is 220 Å². The van der Waals surface area contributed by atoms with Gasteiger partial charge in [-0.25, -0.2) is 28.6 Å². The van der Waals surface area contributed by atoms with Crippen molar-refractivity contribution in [3.05, 3.63) is 41.4 Å². The first-order valence-electron chi connectivity index (χ1n) is 10.1. The Bertz CT molecular complexity index is 1460. The summed E-state index contributed by atoms with van der Waals surface area (Å²) in [7, 11) is -16.5. The lowest BCUT2D eigenvalue weighted by atomic mass is 10.1. The van der Waals surface area contributed by atoms with Crippen molar-refractivity contribution in [3.8, 4) is 5.75 Å². The van der Waals surface area contributed by atoms with E-state index in [9.17, 15) is 38.6 Å². The van der Waals surface area contributed by atoms with Crippen molar-refractivity contribution in [1.82, 2.24) is 19.5 Å². The summed E-state index contributed by atoms with van der Waals surface area (Å²) in [5, 5.41) is 20.7. The van der Waals surface area contributed by atoms with Crippen LogP contribution in [0.4, 0.5) is 5.82 Å². The van der Waals surface area contributed by atoms with Crippen molar-refractivity contribution in [2.24, 2.45) is 0 Å². The summed E-state index contributed by atoms with van der Waals surface area (Å²) in [4.78, 5) is 41.0. The van der Waals surface area contributed by atoms with E-state index < -0.39 is 54.6 Å². The third-order valence-electron chi connectivity index (χ3n) is 4.85. The lowest BCUT2D eigenvalue weighted by Crippen LogP contribution is -2.33. The molecule has 7 N–H and O–H groups in total. The molecule has 2 aromatic heterocycles. The number of benzene rings is 1. The van der Waals surface area contributed by atoms with Crippen molar-refractivity contribution >= 4 is 56.4 Å². The molecule has 1 saturated heterocycles. The van der Waals surface area contributed by atoms with Crippen molar-refractivity contribution in [2.45, 2.75) is 24.5 Å². The molecule has 1 aromatic carbocycles. The Morgan fingerprint density at radius 2 is 1.63 bits per heavy atom. The Balaban J connectivity index is 1.37. The Kier molecular flexibility index (Phi) is 8.43. The van der Waals surface area contributed by atoms with Crippen LogP contribution in [0.1, 0.15) is 6.23 Å². The second-order valence-corrected chi connectivity index (χ2v) is 13.0. The number of rotatable bonds is 10. The maximum absolute atomic E-state index is 12.2. The lowest BCUT2D eigenvalue weighted by Gasteiger charge is -2.20. The van der Waals surface area contributed by atoms with Gasteiger partial charge >= 0.3 is 23.5 Å². The van der Waals surface area contributed by atoms with Gasteiger partial charge in [0.2, 0.25) is 0 Å². The second-order valence-electron chi connectivity index (χ2n) is 7.54. The molecule has 3 heterocycles. The molecule has 1 aliphatic heterocycles. The van der Waals surface area contributed by atoms with Crippen LogP contribution >= 0.6 is 39.4 Å². The minimum Gasteiger partial charge on any atom is -0.404 e. The number of hydrogen-bond donors (Lipinski definition) is 6. The predicted molar refractivity (Wildman–Crippen MR) is 128 cm³/mol. The summed E-state index contributed by atoms with van der Waals surface area (Å²) in [5.74, 6) is -0.187. The zero-order valence-corrected chi connectivity index (χ0v) is 22.8. The number of nitrogens with zero attached hydrogens (tertiary/aromatic N) is 4. The van der Waals surface area contributed by atoms with Crippen LogP contribution in [0.25, 0.3) is 11.2 Å². The van der Waals surface area contributed by atoms with E-state index in [1.165, 1.54) is 35.2 Å². The van der Waals surface area contributed by atoms with E-state index in [2.05, 4.69) is 48.6 Å². The quantitative estimate of drug-likeness (QED) is 0.167. The van der Waals surface area contributed by atoms with Crippen LogP contribution in [0.15, 0.2) is 41.4 Å². The Morgan fingerprint density at radius 1 is 0.974 bits per heavy atom. The SMILES string of the molecule is Nc1ncnc2c1ncn2[C@@H]1O[C@H](COP(=O)(O)OP(=O)(O)OP(=O)(O)Oc2ccc(Br)cc2)[C@@H](O)[C@H]1O. The fourth-order valence-corrected chi connectivity index (χ4v) is 7.05. The summed E-state index contributed by atoms with van der Waals surface area (Å²) in [6.45, 7) is -0.946. The molecule has 0 spiro atoms. The van der Waals surface area contributed by atoms with E-state index in [4.69, 9.17) is 10.5 Å². The smallest absolute Gasteiger partial charge is 0.404 e. The number of hydrogen-bond acceptors (Lipinski definition) is 14. The van der Waals surface area contributed by atoms with Gasteiger partial charge in [-0.05, 0) is 24.3 Å². The fourth-order valence-electron chi connectivity index (χ4n) is 3.27. The molecule has 7 atom stereocenters. The van der Waals surface area contributed by atoms with E-state index in [1.54, 1.807) is 0 Å². The summed E-state index contributed by atoms with van der Waals surface area (Å²) in [6, 6.07) is 5.31. The molecule has 18 nitrogen and oxygen atoms in total. The monoisotopic (exact) mass is 661 g/mol. The molecule has 208 valence electrons. The normalized spacial score (nSPS) is 26.5. The van der Waals surface area contributed by atoms with E-state index in [0.29, 0.717) is 4.47 Å². The average molecular weight is 662 g/mol. The second kappa shape index (κ2) is 11.0. The average Bonchev–Trinajstić information content (AvgIpc) is 3.34. The van der Waals surface area contributed by atoms with Gasteiger partial charge in [0, 0.05) is 4.47 Å². The summed E-state index contributed by atoms with van der Waals surface area (Å²) < 4.78 is 60.9. The molecule has 3 aromatic rings.